The molecule has 0 N–H and O–H groups in total. The average molecular weight is 535 g/mol. The number of allylic oxidation sites excluding steroid dienone is 1. The number of fused-ring (bicyclic) bond motifs is 4. The van der Waals surface area contributed by atoms with E-state index < -0.39 is 0 Å². The molecule has 0 radical (unpaired) electrons. The van der Waals surface area contributed by atoms with Crippen molar-refractivity contribution in [3.8, 4) is 0 Å². The van der Waals surface area contributed by atoms with Gasteiger partial charge in [-0.1, -0.05) is 112 Å². The molecule has 1 aliphatic heterocycles. The maximum Gasteiger partial charge on any atom is 0.311 e. The third-order valence-corrected chi connectivity index (χ3v) is 12.4. The maximum atomic E-state index is 14.4. The lowest BCUT2D eigenvalue weighted by Crippen LogP contribution is -2.49. The number of ether oxygens (including phenoxy) is 1. The topological polar surface area (TPSA) is 26.3 Å². The molecule has 2 fully saturated rings. The minimum absolute atomic E-state index is 0.00490. The van der Waals surface area contributed by atoms with Crippen molar-refractivity contribution in [2.45, 2.75) is 58.5 Å². The summed E-state index contributed by atoms with van der Waals surface area (Å²) in [6.07, 6.45) is 6.70. The molecule has 0 saturated heterocycles. The van der Waals surface area contributed by atoms with Crippen LogP contribution in [0.4, 0.5) is 0 Å². The van der Waals surface area contributed by atoms with Gasteiger partial charge in [-0.15, -0.1) is 11.8 Å². The zero-order valence-corrected chi connectivity index (χ0v) is 24.0. The molecule has 39 heavy (non-hydrogen) atoms. The highest BCUT2D eigenvalue weighted by atomic mass is 32.2. The van der Waals surface area contributed by atoms with E-state index in [1.54, 1.807) is 11.8 Å². The van der Waals surface area contributed by atoms with E-state index in [0.717, 1.165) is 25.0 Å². The smallest absolute Gasteiger partial charge is 0.311 e. The molecule has 0 aromatic heterocycles. The van der Waals surface area contributed by atoms with Crippen molar-refractivity contribution in [1.82, 2.24) is 0 Å². The lowest BCUT2D eigenvalue weighted by atomic mass is 9.66. The maximum absolute atomic E-state index is 14.4. The van der Waals surface area contributed by atoms with Gasteiger partial charge in [-0.05, 0) is 59.3 Å². The highest BCUT2D eigenvalue weighted by Gasteiger charge is 2.74. The van der Waals surface area contributed by atoms with Crippen LogP contribution in [0.25, 0.3) is 4.91 Å². The Morgan fingerprint density at radius 1 is 0.846 bits per heavy atom. The van der Waals surface area contributed by atoms with Crippen LogP contribution in [-0.4, -0.2) is 17.8 Å². The molecule has 2 saturated carbocycles. The summed E-state index contributed by atoms with van der Waals surface area (Å²) in [5.41, 5.74) is 5.46. The van der Waals surface area contributed by atoms with Crippen LogP contribution in [-0.2, 0) is 22.4 Å². The molecule has 3 heteroatoms. The fourth-order valence-electron chi connectivity index (χ4n) is 8.99. The normalized spacial score (nSPS) is 31.6. The van der Waals surface area contributed by atoms with Gasteiger partial charge < -0.3 is 4.74 Å². The SMILES string of the molecule is CC1(C)[C@@H]2CC[C@@]1(C)[C@H](OC(=O)[C@@H]1CSC(c3ccccc3)=C[C@H]1c1ccccc1)C21Cc2ccccc2C1. The van der Waals surface area contributed by atoms with E-state index in [0.29, 0.717) is 5.92 Å². The van der Waals surface area contributed by atoms with Gasteiger partial charge in [-0.2, -0.15) is 0 Å². The number of rotatable bonds is 4. The van der Waals surface area contributed by atoms with Crippen molar-refractivity contribution in [2.24, 2.45) is 28.1 Å². The summed E-state index contributed by atoms with van der Waals surface area (Å²) < 4.78 is 6.90. The Morgan fingerprint density at radius 2 is 1.46 bits per heavy atom. The predicted octanol–water partition coefficient (Wildman–Crippen LogP) is 8.33. The van der Waals surface area contributed by atoms with Crippen LogP contribution in [0.5, 0.6) is 0 Å². The van der Waals surface area contributed by atoms with E-state index in [2.05, 4.69) is 112 Å². The van der Waals surface area contributed by atoms with Crippen molar-refractivity contribution in [3.63, 3.8) is 0 Å². The number of thioether (sulfide) groups is 1. The van der Waals surface area contributed by atoms with Crippen LogP contribution in [0.1, 0.15) is 61.8 Å². The van der Waals surface area contributed by atoms with Crippen LogP contribution < -0.4 is 0 Å². The molecule has 3 aliphatic carbocycles. The van der Waals surface area contributed by atoms with Crippen molar-refractivity contribution >= 4 is 22.6 Å². The molecule has 0 amide bonds. The second-order valence-corrected chi connectivity index (χ2v) is 14.2. The largest absolute Gasteiger partial charge is 0.461 e. The molecular weight excluding hydrogens is 496 g/mol. The van der Waals surface area contributed by atoms with Gasteiger partial charge in [-0.25, -0.2) is 0 Å². The summed E-state index contributed by atoms with van der Waals surface area (Å²) in [6.45, 7) is 7.31. The average Bonchev–Trinajstić information content (AvgIpc) is 3.49. The van der Waals surface area contributed by atoms with Crippen molar-refractivity contribution < 1.29 is 9.53 Å². The van der Waals surface area contributed by atoms with E-state index in [-0.39, 0.29) is 40.2 Å². The molecule has 5 atom stereocenters. The highest BCUT2D eigenvalue weighted by Crippen LogP contribution is 2.75. The molecule has 2 bridgehead atoms. The number of hydrogen-bond donors (Lipinski definition) is 0. The summed E-state index contributed by atoms with van der Waals surface area (Å²) in [5, 5.41) is 0. The first kappa shape index (κ1) is 25.2. The molecule has 7 rings (SSSR count). The summed E-state index contributed by atoms with van der Waals surface area (Å²) in [5.74, 6) is 1.10. The fraction of sp³-hybridized carbons (Fsp3) is 0.417. The lowest BCUT2D eigenvalue weighted by molar-refractivity contribution is -0.172. The molecule has 0 unspecified atom stereocenters. The Balaban J connectivity index is 1.24. The summed E-state index contributed by atoms with van der Waals surface area (Å²) in [7, 11) is 0. The van der Waals surface area contributed by atoms with E-state index in [1.807, 2.05) is 0 Å². The van der Waals surface area contributed by atoms with E-state index in [1.165, 1.54) is 33.6 Å². The standard InChI is InChI=1S/C36H38O2S/c1-34(2)31-18-19-35(34,3)33(36(31)21-26-16-10-11-17-27(26)22-36)38-32(37)29-23-39-30(25-14-8-5-9-15-25)20-28(29)24-12-6-4-7-13-24/h4-17,20,28-29,31,33H,18-19,21-23H2,1-3H3/t28-,29+,31-,33-,35-/m0/s1. The molecule has 3 aromatic carbocycles. The van der Waals surface area contributed by atoms with Crippen molar-refractivity contribution in [2.75, 3.05) is 5.75 Å². The number of carbonyl (C=O) groups is 1. The zero-order chi connectivity index (χ0) is 26.8. The minimum Gasteiger partial charge on any atom is -0.461 e. The monoisotopic (exact) mass is 534 g/mol. The van der Waals surface area contributed by atoms with Gasteiger partial charge in [0.1, 0.15) is 6.10 Å². The number of hydrogen-bond acceptors (Lipinski definition) is 3. The van der Waals surface area contributed by atoms with Crippen LogP contribution in [0.3, 0.4) is 0 Å². The number of carbonyl (C=O) groups excluding carboxylic acids is 1. The van der Waals surface area contributed by atoms with Gasteiger partial charge in [0.2, 0.25) is 0 Å². The lowest BCUT2D eigenvalue weighted by Gasteiger charge is -2.45. The van der Waals surface area contributed by atoms with Gasteiger partial charge in [0.15, 0.2) is 0 Å². The van der Waals surface area contributed by atoms with Crippen LogP contribution in [0.2, 0.25) is 0 Å². The Labute approximate surface area is 237 Å². The third kappa shape index (κ3) is 3.72. The molecular formula is C36H38O2S. The molecule has 1 heterocycles. The van der Waals surface area contributed by atoms with Gasteiger partial charge in [0, 0.05) is 27.4 Å². The molecule has 2 nitrogen and oxygen atoms in total. The van der Waals surface area contributed by atoms with Gasteiger partial charge in [-0.3, -0.25) is 4.79 Å². The second kappa shape index (κ2) is 9.13. The van der Waals surface area contributed by atoms with E-state index >= 15 is 0 Å². The summed E-state index contributed by atoms with van der Waals surface area (Å²) >= 11 is 1.80. The first-order valence-corrected chi connectivity index (χ1v) is 15.5. The quantitative estimate of drug-likeness (QED) is 0.315. The minimum atomic E-state index is -0.198. The Bertz CT molecular complexity index is 1400. The Hall–Kier alpha value is -2.78. The first-order valence-electron chi connectivity index (χ1n) is 14.6. The van der Waals surface area contributed by atoms with E-state index in [9.17, 15) is 4.79 Å². The van der Waals surface area contributed by atoms with Gasteiger partial charge in [0.25, 0.3) is 0 Å². The van der Waals surface area contributed by atoms with Crippen molar-refractivity contribution in [1.29, 1.82) is 0 Å². The number of benzene rings is 3. The van der Waals surface area contributed by atoms with Crippen LogP contribution in [0, 0.1) is 28.1 Å². The number of esters is 1. The Kier molecular flexibility index (Phi) is 5.90. The molecule has 200 valence electrons. The fourth-order valence-corrected chi connectivity index (χ4v) is 10.2. The predicted molar refractivity (Wildman–Crippen MR) is 160 cm³/mol. The summed E-state index contributed by atoms with van der Waals surface area (Å²) in [6, 6.07) is 30.0. The van der Waals surface area contributed by atoms with Crippen molar-refractivity contribution in [3.05, 3.63) is 113 Å². The van der Waals surface area contributed by atoms with Gasteiger partial charge >= 0.3 is 5.97 Å². The third-order valence-electron chi connectivity index (χ3n) is 11.2. The summed E-state index contributed by atoms with van der Waals surface area (Å²) in [4.78, 5) is 15.6. The van der Waals surface area contributed by atoms with E-state index in [4.69, 9.17) is 4.74 Å². The molecule has 4 aliphatic rings. The molecule has 1 spiro atoms. The van der Waals surface area contributed by atoms with Gasteiger partial charge in [0.05, 0.1) is 5.92 Å². The second-order valence-electron chi connectivity index (χ2n) is 13.2. The van der Waals surface area contributed by atoms with Crippen LogP contribution in [0.15, 0.2) is 91.0 Å². The molecule has 3 aromatic rings. The zero-order valence-electron chi connectivity index (χ0n) is 23.2. The Morgan fingerprint density at radius 3 is 2.13 bits per heavy atom. The highest BCUT2D eigenvalue weighted by molar-refractivity contribution is 8.08. The van der Waals surface area contributed by atoms with Crippen LogP contribution >= 0.6 is 11.8 Å². The first-order chi connectivity index (χ1) is 18.8.